The van der Waals surface area contributed by atoms with Crippen LogP contribution in [0.3, 0.4) is 0 Å². The lowest BCUT2D eigenvalue weighted by atomic mass is 10.0. The van der Waals surface area contributed by atoms with Crippen molar-refractivity contribution in [1.82, 2.24) is 19.9 Å². The summed E-state index contributed by atoms with van der Waals surface area (Å²) < 4.78 is 52.9. The molecule has 1 fully saturated rings. The summed E-state index contributed by atoms with van der Waals surface area (Å²) in [5.74, 6) is 0.236. The molecule has 0 saturated carbocycles. The van der Waals surface area contributed by atoms with E-state index in [0.29, 0.717) is 39.4 Å². The zero-order valence-electron chi connectivity index (χ0n) is 17.9. The van der Waals surface area contributed by atoms with Gasteiger partial charge in [-0.25, -0.2) is 14.4 Å². The Labute approximate surface area is 196 Å². The van der Waals surface area contributed by atoms with Crippen molar-refractivity contribution in [3.05, 3.63) is 52.5 Å². The maximum atomic E-state index is 14.6. The summed E-state index contributed by atoms with van der Waals surface area (Å²) in [6.45, 7) is 1.94. The Kier molecular flexibility index (Phi) is 5.87. The zero-order valence-corrected chi connectivity index (χ0v) is 18.7. The van der Waals surface area contributed by atoms with Crippen LogP contribution in [0.4, 0.5) is 23.4 Å². The average Bonchev–Trinajstić information content (AvgIpc) is 3.37. The second-order valence-corrected chi connectivity index (χ2v) is 9.58. The van der Waals surface area contributed by atoms with Crippen molar-refractivity contribution in [3.8, 4) is 6.07 Å². The summed E-state index contributed by atoms with van der Waals surface area (Å²) in [5, 5.41) is 13.8. The molecule has 6 nitrogen and oxygen atoms in total. The van der Waals surface area contributed by atoms with Gasteiger partial charge in [-0.05, 0) is 37.1 Å². The number of nitriles is 1. The van der Waals surface area contributed by atoms with E-state index in [1.807, 2.05) is 6.07 Å². The maximum absolute atomic E-state index is 14.6. The number of halogens is 4. The zero-order chi connectivity index (χ0) is 23.9. The van der Waals surface area contributed by atoms with Crippen LogP contribution in [0.5, 0.6) is 0 Å². The summed E-state index contributed by atoms with van der Waals surface area (Å²) in [4.78, 5) is 14.2. The van der Waals surface area contributed by atoms with E-state index in [0.717, 1.165) is 42.7 Å². The number of anilines is 1. The van der Waals surface area contributed by atoms with Gasteiger partial charge in [-0.3, -0.25) is 4.90 Å². The second kappa shape index (κ2) is 8.85. The van der Waals surface area contributed by atoms with Gasteiger partial charge in [-0.15, -0.1) is 11.3 Å². The summed E-state index contributed by atoms with van der Waals surface area (Å²) >= 11 is 1.03. The number of rotatable bonds is 5. The van der Waals surface area contributed by atoms with Crippen LogP contribution in [0.1, 0.15) is 29.0 Å². The Morgan fingerprint density at radius 3 is 2.71 bits per heavy atom. The molecule has 0 unspecified atom stereocenters. The van der Waals surface area contributed by atoms with Crippen LogP contribution < -0.4 is 5.32 Å². The molecular formula is C23H20F4N6S. The third-order valence-corrected chi connectivity index (χ3v) is 7.03. The lowest BCUT2D eigenvalue weighted by Crippen LogP contribution is -2.39. The number of H-pyrrole nitrogens is 1. The molecule has 0 bridgehead atoms. The second-order valence-electron chi connectivity index (χ2n) is 8.47. The van der Waals surface area contributed by atoms with Crippen LogP contribution in [0.15, 0.2) is 30.6 Å². The van der Waals surface area contributed by atoms with Crippen molar-refractivity contribution in [3.63, 3.8) is 0 Å². The molecule has 4 heterocycles. The quantitative estimate of drug-likeness (QED) is 0.370. The third-order valence-electron chi connectivity index (χ3n) is 5.99. The van der Waals surface area contributed by atoms with Crippen molar-refractivity contribution >= 4 is 38.3 Å². The first-order valence-electron chi connectivity index (χ1n) is 10.8. The highest BCUT2D eigenvalue weighted by molar-refractivity contribution is 7.18. The number of aromatic amines is 1. The van der Waals surface area contributed by atoms with Crippen LogP contribution in [-0.2, 0) is 13.0 Å². The number of thiophene rings is 1. The minimum Gasteiger partial charge on any atom is -0.367 e. The van der Waals surface area contributed by atoms with E-state index < -0.39 is 12.6 Å². The normalized spacial score (nSPS) is 15.7. The standard InChI is InChI=1S/C23H20F4N6S/c24-19-8-20-13(6-16(10-28)31-20)5-14(19)11-33-3-1-15(2-4-33)32-21-18-7-17(9-23(25,26)27)34-22(18)30-12-29-21/h5-8,12,15,31H,1-4,9,11H2,(H,29,30,32). The predicted molar refractivity (Wildman–Crippen MR) is 122 cm³/mol. The molecule has 1 aromatic carbocycles. The molecule has 0 aliphatic carbocycles. The minimum atomic E-state index is -4.27. The average molecular weight is 489 g/mol. The van der Waals surface area contributed by atoms with Crippen LogP contribution >= 0.6 is 11.3 Å². The molecule has 0 amide bonds. The molecule has 1 saturated heterocycles. The fourth-order valence-corrected chi connectivity index (χ4v) is 5.38. The molecule has 0 spiro atoms. The number of hydrogen-bond acceptors (Lipinski definition) is 6. The van der Waals surface area contributed by atoms with Crippen molar-refractivity contribution in [2.24, 2.45) is 0 Å². The Bertz CT molecular complexity index is 1380. The molecule has 5 rings (SSSR count). The molecule has 4 aromatic rings. The minimum absolute atomic E-state index is 0.107. The van der Waals surface area contributed by atoms with Crippen LogP contribution in [-0.4, -0.2) is 45.2 Å². The van der Waals surface area contributed by atoms with Crippen LogP contribution in [0.2, 0.25) is 0 Å². The summed E-state index contributed by atoms with van der Waals surface area (Å²) in [6.07, 6.45) is -2.30. The van der Waals surface area contributed by atoms with Gasteiger partial charge in [0.15, 0.2) is 0 Å². The van der Waals surface area contributed by atoms with Gasteiger partial charge >= 0.3 is 6.18 Å². The largest absolute Gasteiger partial charge is 0.393 e. The molecular weight excluding hydrogens is 468 g/mol. The van der Waals surface area contributed by atoms with Crippen LogP contribution in [0, 0.1) is 17.1 Å². The Morgan fingerprint density at radius 1 is 1.18 bits per heavy atom. The Morgan fingerprint density at radius 2 is 1.97 bits per heavy atom. The number of nitrogens with one attached hydrogen (secondary N) is 2. The number of hydrogen-bond donors (Lipinski definition) is 2. The summed E-state index contributed by atoms with van der Waals surface area (Å²) in [5.41, 5.74) is 1.58. The van der Waals surface area contributed by atoms with E-state index in [1.165, 1.54) is 18.5 Å². The van der Waals surface area contributed by atoms with Gasteiger partial charge < -0.3 is 10.3 Å². The number of nitrogens with zero attached hydrogens (tertiary/aromatic N) is 4. The summed E-state index contributed by atoms with van der Waals surface area (Å²) in [7, 11) is 0. The van der Waals surface area contributed by atoms with Crippen molar-refractivity contribution < 1.29 is 17.6 Å². The summed E-state index contributed by atoms with van der Waals surface area (Å²) in [6, 6.07) is 8.56. The van der Waals surface area contributed by atoms with E-state index in [1.54, 1.807) is 12.1 Å². The SMILES string of the molecule is N#Cc1cc2cc(CN3CCC(Nc4ncnc5sc(CC(F)(F)F)cc45)CC3)c(F)cc2[nH]1. The first-order valence-corrected chi connectivity index (χ1v) is 11.6. The van der Waals surface area contributed by atoms with Gasteiger partial charge in [0.2, 0.25) is 0 Å². The number of likely N-dealkylation sites (tertiary alicyclic amines) is 1. The number of piperidine rings is 1. The maximum Gasteiger partial charge on any atom is 0.393 e. The Hall–Kier alpha value is -3.23. The van der Waals surface area contributed by atoms with Gasteiger partial charge in [0.25, 0.3) is 0 Å². The monoisotopic (exact) mass is 488 g/mol. The van der Waals surface area contributed by atoms with Gasteiger partial charge in [0, 0.05) is 47.0 Å². The topological polar surface area (TPSA) is 80.6 Å². The molecule has 3 aromatic heterocycles. The number of aromatic nitrogens is 3. The van der Waals surface area contributed by atoms with Crippen molar-refractivity contribution in [2.75, 3.05) is 18.4 Å². The van der Waals surface area contributed by atoms with E-state index in [9.17, 15) is 17.6 Å². The fraction of sp³-hybridized carbons (Fsp3) is 0.348. The lowest BCUT2D eigenvalue weighted by molar-refractivity contribution is -0.126. The highest BCUT2D eigenvalue weighted by Gasteiger charge is 2.29. The van der Waals surface area contributed by atoms with E-state index in [4.69, 9.17) is 5.26 Å². The first-order chi connectivity index (χ1) is 16.3. The third kappa shape index (κ3) is 4.83. The smallest absolute Gasteiger partial charge is 0.367 e. The molecule has 176 valence electrons. The van der Waals surface area contributed by atoms with Crippen molar-refractivity contribution in [2.45, 2.75) is 38.0 Å². The van der Waals surface area contributed by atoms with Crippen molar-refractivity contribution in [1.29, 1.82) is 5.26 Å². The molecule has 1 aliphatic rings. The number of benzene rings is 1. The van der Waals surface area contributed by atoms with Crippen LogP contribution in [0.25, 0.3) is 21.1 Å². The van der Waals surface area contributed by atoms with Gasteiger partial charge in [0.1, 0.15) is 34.6 Å². The fourth-order valence-electron chi connectivity index (χ4n) is 4.36. The number of fused-ring (bicyclic) bond motifs is 2. The number of alkyl halides is 3. The molecule has 0 radical (unpaired) electrons. The highest BCUT2D eigenvalue weighted by atomic mass is 32.1. The first kappa shape index (κ1) is 22.6. The predicted octanol–water partition coefficient (Wildman–Crippen LogP) is 5.36. The van der Waals surface area contributed by atoms with E-state index in [2.05, 4.69) is 25.2 Å². The lowest BCUT2D eigenvalue weighted by Gasteiger charge is -2.32. The van der Waals surface area contributed by atoms with E-state index >= 15 is 0 Å². The van der Waals surface area contributed by atoms with Gasteiger partial charge in [-0.1, -0.05) is 0 Å². The highest BCUT2D eigenvalue weighted by Crippen LogP contribution is 2.33. The van der Waals surface area contributed by atoms with E-state index in [-0.39, 0.29) is 16.7 Å². The molecule has 11 heteroatoms. The van der Waals surface area contributed by atoms with Gasteiger partial charge in [0.05, 0.1) is 11.8 Å². The molecule has 0 atom stereocenters. The molecule has 1 aliphatic heterocycles. The molecule has 2 N–H and O–H groups in total. The van der Waals surface area contributed by atoms with Gasteiger partial charge in [-0.2, -0.15) is 18.4 Å². The molecule has 34 heavy (non-hydrogen) atoms. The Balaban J connectivity index is 1.23.